The van der Waals surface area contributed by atoms with Crippen molar-refractivity contribution in [3.05, 3.63) is 94.5 Å². The van der Waals surface area contributed by atoms with Gasteiger partial charge in [0, 0.05) is 23.1 Å². The van der Waals surface area contributed by atoms with E-state index in [-0.39, 0.29) is 17.3 Å². The second-order valence-electron chi connectivity index (χ2n) is 7.69. The molecule has 0 saturated carbocycles. The molecule has 3 aromatic rings. The molecule has 0 aliphatic heterocycles. The molecule has 0 aromatic heterocycles. The summed E-state index contributed by atoms with van der Waals surface area (Å²) in [4.78, 5) is 12.8. The van der Waals surface area contributed by atoms with Gasteiger partial charge in [0.15, 0.2) is 0 Å². The van der Waals surface area contributed by atoms with Gasteiger partial charge in [0.05, 0.1) is 10.6 Å². The standard InChI is InChI=1S/C25H27ClN2O3S2/c1-19-3-11-23(12-4-19)28(33(30,31)24-13-5-20(2)6-14-24)17-25(29)27-15-16-32-18-21-7-9-22(26)10-8-21/h3-14H,15-18H2,1-2H3,(H,27,29). The fraction of sp³-hybridized carbons (Fsp3) is 0.240. The summed E-state index contributed by atoms with van der Waals surface area (Å²) >= 11 is 7.59. The minimum Gasteiger partial charge on any atom is -0.354 e. The summed E-state index contributed by atoms with van der Waals surface area (Å²) < 4.78 is 27.9. The first kappa shape index (κ1) is 25.1. The molecule has 1 amide bonds. The van der Waals surface area contributed by atoms with Crippen molar-refractivity contribution in [2.45, 2.75) is 24.5 Å². The lowest BCUT2D eigenvalue weighted by Gasteiger charge is -2.24. The van der Waals surface area contributed by atoms with Crippen LogP contribution in [0.5, 0.6) is 0 Å². The normalized spacial score (nSPS) is 11.2. The van der Waals surface area contributed by atoms with E-state index in [0.29, 0.717) is 23.0 Å². The van der Waals surface area contributed by atoms with Crippen LogP contribution < -0.4 is 9.62 Å². The zero-order valence-electron chi connectivity index (χ0n) is 18.6. The molecule has 0 bridgehead atoms. The molecule has 3 rings (SSSR count). The lowest BCUT2D eigenvalue weighted by Crippen LogP contribution is -2.41. The summed E-state index contributed by atoms with van der Waals surface area (Å²) in [6.07, 6.45) is 0. The molecule has 5 nitrogen and oxygen atoms in total. The monoisotopic (exact) mass is 502 g/mol. The Morgan fingerprint density at radius 3 is 2.09 bits per heavy atom. The quantitative estimate of drug-likeness (QED) is 0.387. The molecule has 1 N–H and O–H groups in total. The highest BCUT2D eigenvalue weighted by Gasteiger charge is 2.27. The molecule has 0 fully saturated rings. The minimum atomic E-state index is -3.90. The molecular weight excluding hydrogens is 476 g/mol. The summed E-state index contributed by atoms with van der Waals surface area (Å²) in [5.41, 5.74) is 3.58. The van der Waals surface area contributed by atoms with Crippen LogP contribution in [0.4, 0.5) is 5.69 Å². The van der Waals surface area contributed by atoms with Crippen LogP contribution in [0, 0.1) is 13.8 Å². The smallest absolute Gasteiger partial charge is 0.264 e. The Morgan fingerprint density at radius 1 is 0.909 bits per heavy atom. The number of carbonyl (C=O) groups excluding carboxylic acids is 1. The molecule has 0 unspecified atom stereocenters. The maximum absolute atomic E-state index is 13.4. The van der Waals surface area contributed by atoms with Crippen LogP contribution in [-0.2, 0) is 20.6 Å². The number of hydrogen-bond donors (Lipinski definition) is 1. The Kier molecular flexibility index (Phi) is 8.83. The van der Waals surface area contributed by atoms with E-state index < -0.39 is 10.0 Å². The fourth-order valence-electron chi connectivity index (χ4n) is 3.08. The largest absolute Gasteiger partial charge is 0.354 e. The van der Waals surface area contributed by atoms with Crippen LogP contribution in [0.15, 0.2) is 77.7 Å². The molecule has 0 aliphatic rings. The first-order valence-corrected chi connectivity index (χ1v) is 13.5. The first-order valence-electron chi connectivity index (χ1n) is 10.5. The van der Waals surface area contributed by atoms with Gasteiger partial charge in [0.2, 0.25) is 5.91 Å². The molecule has 0 heterocycles. The highest BCUT2D eigenvalue weighted by molar-refractivity contribution is 7.98. The highest BCUT2D eigenvalue weighted by Crippen LogP contribution is 2.24. The van der Waals surface area contributed by atoms with Gasteiger partial charge in [-0.3, -0.25) is 9.10 Å². The molecule has 3 aromatic carbocycles. The predicted octanol–water partition coefficient (Wildman–Crippen LogP) is 5.20. The number of amides is 1. The zero-order valence-corrected chi connectivity index (χ0v) is 21.0. The van der Waals surface area contributed by atoms with E-state index >= 15 is 0 Å². The van der Waals surface area contributed by atoms with Crippen molar-refractivity contribution >= 4 is 45.0 Å². The Labute approximate surface area is 205 Å². The second kappa shape index (κ2) is 11.6. The van der Waals surface area contributed by atoms with E-state index in [4.69, 9.17) is 11.6 Å². The van der Waals surface area contributed by atoms with Crippen LogP contribution in [0.25, 0.3) is 0 Å². The van der Waals surface area contributed by atoms with E-state index in [1.807, 2.05) is 50.2 Å². The van der Waals surface area contributed by atoms with Gasteiger partial charge in [-0.05, 0) is 55.8 Å². The summed E-state index contributed by atoms with van der Waals surface area (Å²) in [7, 11) is -3.90. The number of aryl methyl sites for hydroxylation is 2. The van der Waals surface area contributed by atoms with Gasteiger partial charge in [-0.1, -0.05) is 59.1 Å². The first-order chi connectivity index (χ1) is 15.8. The van der Waals surface area contributed by atoms with Gasteiger partial charge in [0.1, 0.15) is 6.54 Å². The molecule has 0 saturated heterocycles. The van der Waals surface area contributed by atoms with Crippen LogP contribution in [0.3, 0.4) is 0 Å². The Bertz CT molecular complexity index is 1160. The van der Waals surface area contributed by atoms with Crippen LogP contribution in [-0.4, -0.2) is 33.2 Å². The number of halogens is 1. The summed E-state index contributed by atoms with van der Waals surface area (Å²) in [5.74, 6) is 1.17. The van der Waals surface area contributed by atoms with Crippen molar-refractivity contribution in [2.24, 2.45) is 0 Å². The third-order valence-corrected chi connectivity index (χ3v) is 8.04. The van der Waals surface area contributed by atoms with Crippen LogP contribution >= 0.6 is 23.4 Å². The molecule has 0 radical (unpaired) electrons. The summed E-state index contributed by atoms with van der Waals surface area (Å²) in [5, 5.41) is 3.54. The van der Waals surface area contributed by atoms with Crippen molar-refractivity contribution in [1.29, 1.82) is 0 Å². The van der Waals surface area contributed by atoms with E-state index in [0.717, 1.165) is 26.7 Å². The van der Waals surface area contributed by atoms with E-state index in [1.165, 1.54) is 0 Å². The van der Waals surface area contributed by atoms with Gasteiger partial charge in [-0.25, -0.2) is 8.42 Å². The van der Waals surface area contributed by atoms with Crippen molar-refractivity contribution in [1.82, 2.24) is 5.32 Å². The van der Waals surface area contributed by atoms with Gasteiger partial charge >= 0.3 is 0 Å². The number of thioether (sulfide) groups is 1. The van der Waals surface area contributed by atoms with E-state index in [2.05, 4.69) is 5.32 Å². The lowest BCUT2D eigenvalue weighted by molar-refractivity contribution is -0.119. The minimum absolute atomic E-state index is 0.153. The van der Waals surface area contributed by atoms with E-state index in [9.17, 15) is 13.2 Å². The number of nitrogens with zero attached hydrogens (tertiary/aromatic N) is 1. The average molecular weight is 503 g/mol. The maximum atomic E-state index is 13.4. The zero-order chi connectivity index (χ0) is 23.8. The van der Waals surface area contributed by atoms with Gasteiger partial charge < -0.3 is 5.32 Å². The Balaban J connectivity index is 1.63. The number of carbonyl (C=O) groups is 1. The Morgan fingerprint density at radius 2 is 1.48 bits per heavy atom. The maximum Gasteiger partial charge on any atom is 0.264 e. The predicted molar refractivity (Wildman–Crippen MR) is 138 cm³/mol. The van der Waals surface area contributed by atoms with Gasteiger partial charge in [-0.2, -0.15) is 11.8 Å². The molecule has 0 aliphatic carbocycles. The fourth-order valence-corrected chi connectivity index (χ4v) is 5.45. The van der Waals surface area contributed by atoms with Crippen LogP contribution in [0.2, 0.25) is 5.02 Å². The molecule has 8 heteroatoms. The second-order valence-corrected chi connectivity index (χ2v) is 11.1. The molecule has 0 spiro atoms. The molecule has 174 valence electrons. The van der Waals surface area contributed by atoms with Crippen LogP contribution in [0.1, 0.15) is 16.7 Å². The van der Waals surface area contributed by atoms with Crippen molar-refractivity contribution in [2.75, 3.05) is 23.1 Å². The molecule has 33 heavy (non-hydrogen) atoms. The van der Waals surface area contributed by atoms with Gasteiger partial charge in [-0.15, -0.1) is 0 Å². The number of benzene rings is 3. The van der Waals surface area contributed by atoms with Gasteiger partial charge in [0.25, 0.3) is 10.0 Å². The average Bonchev–Trinajstić information content (AvgIpc) is 2.79. The number of nitrogens with one attached hydrogen (secondary N) is 1. The number of rotatable bonds is 10. The molecular formula is C25H27ClN2O3S2. The summed E-state index contributed by atoms with van der Waals surface area (Å²) in [6, 6.07) is 21.4. The van der Waals surface area contributed by atoms with E-state index in [1.54, 1.807) is 48.2 Å². The summed E-state index contributed by atoms with van der Waals surface area (Å²) in [6.45, 7) is 3.98. The SMILES string of the molecule is Cc1ccc(N(CC(=O)NCCSCc2ccc(Cl)cc2)S(=O)(=O)c2ccc(C)cc2)cc1. The number of anilines is 1. The topological polar surface area (TPSA) is 66.5 Å². The van der Waals surface area contributed by atoms with Crippen molar-refractivity contribution < 1.29 is 13.2 Å². The van der Waals surface area contributed by atoms with Crippen molar-refractivity contribution in [3.8, 4) is 0 Å². The lowest BCUT2D eigenvalue weighted by atomic mass is 10.2. The third-order valence-electron chi connectivity index (χ3n) is 4.97. The Hall–Kier alpha value is -2.48. The number of hydrogen-bond acceptors (Lipinski definition) is 4. The highest BCUT2D eigenvalue weighted by atomic mass is 35.5. The van der Waals surface area contributed by atoms with Crippen molar-refractivity contribution in [3.63, 3.8) is 0 Å². The number of sulfonamides is 1. The molecule has 0 atom stereocenters. The third kappa shape index (κ3) is 7.25.